The summed E-state index contributed by atoms with van der Waals surface area (Å²) in [4.78, 5) is 4.67. The highest BCUT2D eigenvalue weighted by atomic mass is 16.5. The largest absolute Gasteiger partial charge is 0.474 e. The number of hydrogen-bond donors (Lipinski definition) is 1. The second-order valence-electron chi connectivity index (χ2n) is 6.09. The van der Waals surface area contributed by atoms with Crippen LogP contribution in [0.2, 0.25) is 0 Å². The highest BCUT2D eigenvalue weighted by Crippen LogP contribution is 2.25. The maximum absolute atomic E-state index is 6.07. The van der Waals surface area contributed by atoms with Crippen LogP contribution >= 0.6 is 0 Å². The van der Waals surface area contributed by atoms with Gasteiger partial charge in [-0.2, -0.15) is 0 Å². The van der Waals surface area contributed by atoms with E-state index in [0.717, 1.165) is 31.1 Å². The summed E-state index contributed by atoms with van der Waals surface area (Å²) in [5.41, 5.74) is 2.42. The third-order valence-electron chi connectivity index (χ3n) is 3.82. The van der Waals surface area contributed by atoms with Crippen molar-refractivity contribution in [2.45, 2.75) is 71.4 Å². The standard InChI is InChI=1S/C17H28N2O/c1-4-9-18-12-14-10-16(13(2)3)19-17(11-14)20-15-7-5-6-8-15/h10-11,13,15,18H,4-9,12H2,1-3H3. The zero-order chi connectivity index (χ0) is 14.4. The third-order valence-corrected chi connectivity index (χ3v) is 3.82. The van der Waals surface area contributed by atoms with E-state index >= 15 is 0 Å². The van der Waals surface area contributed by atoms with Crippen LogP contribution in [0.5, 0.6) is 5.88 Å². The Morgan fingerprint density at radius 2 is 2.05 bits per heavy atom. The van der Waals surface area contributed by atoms with Crippen molar-refractivity contribution in [3.05, 3.63) is 23.4 Å². The van der Waals surface area contributed by atoms with E-state index in [0.29, 0.717) is 12.0 Å². The molecule has 2 rings (SSSR count). The quantitative estimate of drug-likeness (QED) is 0.764. The van der Waals surface area contributed by atoms with Crippen LogP contribution in [0.4, 0.5) is 0 Å². The molecule has 1 aromatic heterocycles. The van der Waals surface area contributed by atoms with Gasteiger partial charge in [0, 0.05) is 18.3 Å². The Morgan fingerprint density at radius 3 is 2.70 bits per heavy atom. The number of aromatic nitrogens is 1. The van der Waals surface area contributed by atoms with E-state index in [1.54, 1.807) is 0 Å². The maximum Gasteiger partial charge on any atom is 0.214 e. The molecule has 0 radical (unpaired) electrons. The Bertz CT molecular complexity index is 411. The van der Waals surface area contributed by atoms with Crippen LogP contribution < -0.4 is 10.1 Å². The lowest BCUT2D eigenvalue weighted by molar-refractivity contribution is 0.200. The van der Waals surface area contributed by atoms with Crippen molar-refractivity contribution in [1.82, 2.24) is 10.3 Å². The molecule has 0 spiro atoms. The van der Waals surface area contributed by atoms with E-state index < -0.39 is 0 Å². The van der Waals surface area contributed by atoms with Gasteiger partial charge in [-0.3, -0.25) is 0 Å². The Hall–Kier alpha value is -1.09. The van der Waals surface area contributed by atoms with Gasteiger partial charge in [0.1, 0.15) is 6.10 Å². The van der Waals surface area contributed by atoms with Crippen LogP contribution in [0, 0.1) is 0 Å². The van der Waals surface area contributed by atoms with Crippen molar-refractivity contribution in [3.8, 4) is 5.88 Å². The number of nitrogens with zero attached hydrogens (tertiary/aromatic N) is 1. The van der Waals surface area contributed by atoms with E-state index in [2.05, 4.69) is 43.2 Å². The molecule has 1 aliphatic carbocycles. The Balaban J connectivity index is 2.07. The number of nitrogens with one attached hydrogen (secondary N) is 1. The van der Waals surface area contributed by atoms with Crippen molar-refractivity contribution in [2.75, 3.05) is 6.54 Å². The second kappa shape index (κ2) is 7.63. The monoisotopic (exact) mass is 276 g/mol. The van der Waals surface area contributed by atoms with Gasteiger partial charge in [0.25, 0.3) is 0 Å². The van der Waals surface area contributed by atoms with Crippen LogP contribution in [0.1, 0.15) is 70.1 Å². The summed E-state index contributed by atoms with van der Waals surface area (Å²) in [6.45, 7) is 8.51. The van der Waals surface area contributed by atoms with Gasteiger partial charge in [0.05, 0.1) is 0 Å². The molecule has 0 amide bonds. The fraction of sp³-hybridized carbons (Fsp3) is 0.706. The SMILES string of the molecule is CCCNCc1cc(OC2CCCC2)nc(C(C)C)c1. The van der Waals surface area contributed by atoms with Crippen LogP contribution in [-0.2, 0) is 6.54 Å². The average molecular weight is 276 g/mol. The summed E-state index contributed by atoms with van der Waals surface area (Å²) in [6, 6.07) is 4.31. The lowest BCUT2D eigenvalue weighted by atomic mass is 10.1. The van der Waals surface area contributed by atoms with E-state index in [1.165, 1.54) is 31.2 Å². The van der Waals surface area contributed by atoms with Crippen LogP contribution in [0.3, 0.4) is 0 Å². The molecule has 3 heteroatoms. The Morgan fingerprint density at radius 1 is 1.30 bits per heavy atom. The number of rotatable bonds is 7. The van der Waals surface area contributed by atoms with Crippen molar-refractivity contribution >= 4 is 0 Å². The molecule has 112 valence electrons. The van der Waals surface area contributed by atoms with Gasteiger partial charge >= 0.3 is 0 Å². The van der Waals surface area contributed by atoms with Crippen molar-refractivity contribution in [3.63, 3.8) is 0 Å². The van der Waals surface area contributed by atoms with Crippen molar-refractivity contribution < 1.29 is 4.74 Å². The van der Waals surface area contributed by atoms with E-state index in [4.69, 9.17) is 4.74 Å². The molecule has 1 aromatic rings. The van der Waals surface area contributed by atoms with E-state index in [1.807, 2.05) is 0 Å². The molecule has 0 atom stereocenters. The predicted octanol–water partition coefficient (Wildman–Crippen LogP) is 4.03. The topological polar surface area (TPSA) is 34.1 Å². The van der Waals surface area contributed by atoms with Gasteiger partial charge in [-0.05, 0) is 56.2 Å². The normalized spacial score (nSPS) is 16.0. The molecular formula is C17H28N2O. The highest BCUT2D eigenvalue weighted by molar-refractivity contribution is 5.27. The lowest BCUT2D eigenvalue weighted by Gasteiger charge is -2.16. The molecule has 3 nitrogen and oxygen atoms in total. The number of hydrogen-bond acceptors (Lipinski definition) is 3. The first kappa shape index (κ1) is 15.3. The summed E-state index contributed by atoms with van der Waals surface area (Å²) in [5, 5.41) is 3.46. The molecule has 1 aliphatic rings. The predicted molar refractivity (Wildman–Crippen MR) is 83.2 cm³/mol. The second-order valence-corrected chi connectivity index (χ2v) is 6.09. The van der Waals surface area contributed by atoms with E-state index in [-0.39, 0.29) is 0 Å². The molecule has 1 fully saturated rings. The zero-order valence-electron chi connectivity index (χ0n) is 13.1. The van der Waals surface area contributed by atoms with Crippen LogP contribution in [-0.4, -0.2) is 17.6 Å². The molecular weight excluding hydrogens is 248 g/mol. The van der Waals surface area contributed by atoms with Crippen molar-refractivity contribution in [2.24, 2.45) is 0 Å². The molecule has 0 aromatic carbocycles. The van der Waals surface area contributed by atoms with Gasteiger partial charge < -0.3 is 10.1 Å². The van der Waals surface area contributed by atoms with Gasteiger partial charge in [0.15, 0.2) is 0 Å². The molecule has 20 heavy (non-hydrogen) atoms. The van der Waals surface area contributed by atoms with Gasteiger partial charge in [-0.1, -0.05) is 20.8 Å². The fourth-order valence-electron chi connectivity index (χ4n) is 2.63. The van der Waals surface area contributed by atoms with Crippen LogP contribution in [0.15, 0.2) is 12.1 Å². The minimum Gasteiger partial charge on any atom is -0.474 e. The van der Waals surface area contributed by atoms with Gasteiger partial charge in [-0.15, -0.1) is 0 Å². The third kappa shape index (κ3) is 4.48. The van der Waals surface area contributed by atoms with Crippen molar-refractivity contribution in [1.29, 1.82) is 0 Å². The van der Waals surface area contributed by atoms with E-state index in [9.17, 15) is 0 Å². The van der Waals surface area contributed by atoms with Gasteiger partial charge in [-0.25, -0.2) is 4.98 Å². The highest BCUT2D eigenvalue weighted by Gasteiger charge is 2.18. The maximum atomic E-state index is 6.07. The smallest absolute Gasteiger partial charge is 0.214 e. The summed E-state index contributed by atoms with van der Waals surface area (Å²) in [5.74, 6) is 1.25. The summed E-state index contributed by atoms with van der Waals surface area (Å²) in [6.07, 6.45) is 6.47. The number of pyridine rings is 1. The first-order valence-electron chi connectivity index (χ1n) is 8.07. The molecule has 0 saturated heterocycles. The lowest BCUT2D eigenvalue weighted by Crippen LogP contribution is -2.16. The molecule has 1 heterocycles. The minimum absolute atomic E-state index is 0.376. The first-order valence-corrected chi connectivity index (χ1v) is 8.07. The molecule has 1 saturated carbocycles. The molecule has 1 N–H and O–H groups in total. The molecule has 0 aliphatic heterocycles. The average Bonchev–Trinajstić information content (AvgIpc) is 2.91. The number of ether oxygens (including phenoxy) is 1. The Kier molecular flexibility index (Phi) is 5.84. The summed E-state index contributed by atoms with van der Waals surface area (Å²) >= 11 is 0. The zero-order valence-corrected chi connectivity index (χ0v) is 13.1. The molecule has 0 unspecified atom stereocenters. The minimum atomic E-state index is 0.376. The van der Waals surface area contributed by atoms with Crippen LogP contribution in [0.25, 0.3) is 0 Å². The summed E-state index contributed by atoms with van der Waals surface area (Å²) < 4.78 is 6.07. The fourth-order valence-corrected chi connectivity index (χ4v) is 2.63. The summed E-state index contributed by atoms with van der Waals surface area (Å²) in [7, 11) is 0. The molecule has 0 bridgehead atoms. The Labute approximate surface area is 123 Å². The van der Waals surface area contributed by atoms with Gasteiger partial charge in [0.2, 0.25) is 5.88 Å². The first-order chi connectivity index (χ1) is 9.69.